The number of halogens is 5. The molecule has 8 nitrogen and oxygen atoms in total. The number of anilines is 2. The lowest BCUT2D eigenvalue weighted by atomic mass is 10.0. The molecule has 0 aliphatic carbocycles. The van der Waals surface area contributed by atoms with Crippen LogP contribution in [-0.2, 0) is 11.3 Å². The van der Waals surface area contributed by atoms with Crippen LogP contribution in [-0.4, -0.2) is 63.7 Å². The van der Waals surface area contributed by atoms with Crippen molar-refractivity contribution >= 4 is 11.8 Å². The second kappa shape index (κ2) is 7.71. The minimum Gasteiger partial charge on any atom is -0.371 e. The highest BCUT2D eigenvalue weighted by molar-refractivity contribution is 5.49. The smallest absolute Gasteiger partial charge is 0.371 e. The molecule has 2 bridgehead atoms. The van der Waals surface area contributed by atoms with E-state index in [9.17, 15) is 26.7 Å². The maximum absolute atomic E-state index is 14.2. The number of ether oxygens (including phenoxy) is 1. The van der Waals surface area contributed by atoms with Gasteiger partial charge in [-0.15, -0.1) is 0 Å². The summed E-state index contributed by atoms with van der Waals surface area (Å²) in [5.41, 5.74) is -0.837. The minimum atomic E-state index is -4.81. The van der Waals surface area contributed by atoms with Crippen molar-refractivity contribution in [2.24, 2.45) is 0 Å². The van der Waals surface area contributed by atoms with Crippen LogP contribution in [0.25, 0.3) is 0 Å². The summed E-state index contributed by atoms with van der Waals surface area (Å²) >= 11 is 0. The number of rotatable bonds is 4. The molecule has 2 saturated heterocycles. The van der Waals surface area contributed by atoms with Gasteiger partial charge in [0.2, 0.25) is 5.95 Å². The fourth-order valence-corrected chi connectivity index (χ4v) is 4.85. The van der Waals surface area contributed by atoms with E-state index in [4.69, 9.17) is 4.74 Å². The topological polar surface area (TPSA) is 79.3 Å². The average Bonchev–Trinajstić information content (AvgIpc) is 3.36. The van der Waals surface area contributed by atoms with Gasteiger partial charge < -0.3 is 14.5 Å². The summed E-state index contributed by atoms with van der Waals surface area (Å²) in [6.45, 7) is 0.604. The summed E-state index contributed by atoms with van der Waals surface area (Å²) in [6, 6.07) is -1.81. The first-order valence-corrected chi connectivity index (χ1v) is 10.4. The summed E-state index contributed by atoms with van der Waals surface area (Å²) in [4.78, 5) is 19.5. The predicted molar refractivity (Wildman–Crippen MR) is 103 cm³/mol. The Labute approximate surface area is 179 Å². The molecule has 0 amide bonds. The van der Waals surface area contributed by atoms with Crippen LogP contribution in [0.4, 0.5) is 33.7 Å². The fraction of sp³-hybridized carbons (Fsp3) is 0.632. The molecular formula is C19H21F5N6O2. The lowest BCUT2D eigenvalue weighted by Crippen LogP contribution is -2.55. The van der Waals surface area contributed by atoms with Crippen LogP contribution >= 0.6 is 0 Å². The van der Waals surface area contributed by atoms with E-state index in [0.717, 1.165) is 17.4 Å². The number of hydrogen-bond acceptors (Lipinski definition) is 6. The first-order valence-electron chi connectivity index (χ1n) is 10.4. The molecule has 5 rings (SSSR count). The fourth-order valence-electron chi connectivity index (χ4n) is 4.85. The van der Waals surface area contributed by atoms with Gasteiger partial charge in [-0.2, -0.15) is 23.3 Å². The van der Waals surface area contributed by atoms with Gasteiger partial charge in [-0.3, -0.25) is 14.5 Å². The normalized spacial score (nSPS) is 26.5. The Bertz CT molecular complexity index is 1010. The zero-order valence-corrected chi connectivity index (χ0v) is 16.8. The number of hydrogen-bond donors (Lipinski definition) is 1. The van der Waals surface area contributed by atoms with Crippen molar-refractivity contribution in [2.45, 2.75) is 62.7 Å². The first-order chi connectivity index (χ1) is 15.2. The maximum atomic E-state index is 14.2. The number of nitrogens with one attached hydrogen (secondary N) is 1. The van der Waals surface area contributed by atoms with E-state index in [1.54, 1.807) is 4.90 Å². The van der Waals surface area contributed by atoms with Crippen LogP contribution in [0.15, 0.2) is 23.1 Å². The van der Waals surface area contributed by atoms with Crippen molar-refractivity contribution < 1.29 is 26.7 Å². The van der Waals surface area contributed by atoms with Crippen LogP contribution in [0, 0.1) is 0 Å². The molecule has 3 unspecified atom stereocenters. The molecule has 0 saturated carbocycles. The van der Waals surface area contributed by atoms with Crippen LogP contribution < -0.4 is 15.4 Å². The zero-order chi connectivity index (χ0) is 22.6. The summed E-state index contributed by atoms with van der Waals surface area (Å²) < 4.78 is 77.0. The SMILES string of the molecule is O=c1cc(N2CC3CC[C@@H](C2)O3)nc2n1CCC(C(F)(F)F)N2C(c1cc[nH]n1)C(F)F. The highest BCUT2D eigenvalue weighted by Gasteiger charge is 2.51. The molecule has 4 atom stereocenters. The summed E-state index contributed by atoms with van der Waals surface area (Å²) in [6.07, 6.45) is -5.70. The van der Waals surface area contributed by atoms with E-state index >= 15 is 0 Å². The van der Waals surface area contributed by atoms with Crippen LogP contribution in [0.1, 0.15) is 31.0 Å². The van der Waals surface area contributed by atoms with Crippen molar-refractivity contribution in [1.29, 1.82) is 0 Å². The minimum absolute atomic E-state index is 0.0498. The van der Waals surface area contributed by atoms with Gasteiger partial charge in [0.1, 0.15) is 17.9 Å². The van der Waals surface area contributed by atoms with Gasteiger partial charge >= 0.3 is 6.18 Å². The molecule has 174 valence electrons. The Morgan fingerprint density at radius 1 is 1.16 bits per heavy atom. The van der Waals surface area contributed by atoms with Crippen LogP contribution in [0.5, 0.6) is 0 Å². The van der Waals surface area contributed by atoms with Crippen molar-refractivity contribution in [3.63, 3.8) is 0 Å². The largest absolute Gasteiger partial charge is 0.408 e. The Morgan fingerprint density at radius 2 is 1.88 bits per heavy atom. The lowest BCUT2D eigenvalue weighted by Gasteiger charge is -2.43. The third kappa shape index (κ3) is 3.61. The predicted octanol–water partition coefficient (Wildman–Crippen LogP) is 2.48. The first kappa shape index (κ1) is 21.2. The second-order valence-corrected chi connectivity index (χ2v) is 8.30. The second-order valence-electron chi connectivity index (χ2n) is 8.30. The molecule has 2 fully saturated rings. The van der Waals surface area contributed by atoms with Gasteiger partial charge in [-0.1, -0.05) is 0 Å². The molecule has 3 aliphatic heterocycles. The molecular weight excluding hydrogens is 439 g/mol. The molecule has 2 aromatic heterocycles. The summed E-state index contributed by atoms with van der Waals surface area (Å²) in [5, 5.41) is 6.08. The third-order valence-corrected chi connectivity index (χ3v) is 6.28. The molecule has 0 aromatic carbocycles. The standard InChI is InChI=1S/C19H21F5N6O2/c20-17(21)16(12-3-5-25-27-12)30-13(19(22,23)24)4-6-29-15(31)7-14(26-18(29)30)28-8-10-1-2-11(9-28)32-10/h3,5,7,10-11,13,16-17H,1-2,4,6,8-9H2,(H,25,27)/t10-,11?,13?,16?/m0/s1. The Balaban J connectivity index is 1.63. The average molecular weight is 460 g/mol. The number of morpholine rings is 1. The molecule has 0 radical (unpaired) electrons. The number of nitrogens with zero attached hydrogens (tertiary/aromatic N) is 5. The molecule has 2 aromatic rings. The van der Waals surface area contributed by atoms with Crippen LogP contribution in [0.3, 0.4) is 0 Å². The van der Waals surface area contributed by atoms with Gasteiger partial charge in [0, 0.05) is 31.9 Å². The monoisotopic (exact) mass is 460 g/mol. The van der Waals surface area contributed by atoms with E-state index in [1.807, 2.05) is 0 Å². The Morgan fingerprint density at radius 3 is 2.47 bits per heavy atom. The van der Waals surface area contributed by atoms with Crippen molar-refractivity contribution in [2.75, 3.05) is 22.9 Å². The van der Waals surface area contributed by atoms with Crippen LogP contribution in [0.2, 0.25) is 0 Å². The quantitative estimate of drug-likeness (QED) is 0.707. The number of H-pyrrole nitrogens is 1. The summed E-state index contributed by atoms with van der Waals surface area (Å²) in [5.74, 6) is -0.252. The van der Waals surface area contributed by atoms with Crippen molar-refractivity contribution in [3.05, 3.63) is 34.4 Å². The third-order valence-electron chi connectivity index (χ3n) is 6.28. The number of alkyl halides is 5. The van der Waals surface area contributed by atoms with Gasteiger partial charge in [0.05, 0.1) is 17.9 Å². The van der Waals surface area contributed by atoms with E-state index < -0.39 is 42.6 Å². The number of fused-ring (bicyclic) bond motifs is 3. The highest BCUT2D eigenvalue weighted by atomic mass is 19.4. The van der Waals surface area contributed by atoms with Gasteiger partial charge in [-0.25, -0.2) is 8.78 Å². The summed E-state index contributed by atoms with van der Waals surface area (Å²) in [7, 11) is 0. The van der Waals surface area contributed by atoms with E-state index in [2.05, 4.69) is 15.2 Å². The molecule has 13 heteroatoms. The van der Waals surface area contributed by atoms with Crippen molar-refractivity contribution in [1.82, 2.24) is 19.7 Å². The molecule has 1 N–H and O–H groups in total. The number of aromatic nitrogens is 4. The molecule has 5 heterocycles. The van der Waals surface area contributed by atoms with E-state index in [-0.39, 0.29) is 30.3 Å². The van der Waals surface area contributed by atoms with E-state index in [0.29, 0.717) is 18.0 Å². The van der Waals surface area contributed by atoms with Crippen molar-refractivity contribution in [3.8, 4) is 0 Å². The molecule has 3 aliphatic rings. The lowest BCUT2D eigenvalue weighted by molar-refractivity contribution is -0.156. The number of aromatic amines is 1. The highest BCUT2D eigenvalue weighted by Crippen LogP contribution is 2.41. The Kier molecular flexibility index (Phi) is 5.10. The maximum Gasteiger partial charge on any atom is 0.408 e. The molecule has 32 heavy (non-hydrogen) atoms. The molecule has 0 spiro atoms. The van der Waals surface area contributed by atoms with E-state index in [1.165, 1.54) is 18.3 Å². The van der Waals surface area contributed by atoms with Gasteiger partial charge in [0.25, 0.3) is 12.0 Å². The van der Waals surface area contributed by atoms with Gasteiger partial charge in [-0.05, 0) is 25.3 Å². The zero-order valence-electron chi connectivity index (χ0n) is 16.8. The Hall–Kier alpha value is -2.70. The van der Waals surface area contributed by atoms with Gasteiger partial charge in [0.15, 0.2) is 0 Å².